The van der Waals surface area contributed by atoms with E-state index < -0.39 is 0 Å². The molecule has 144 valence electrons. The van der Waals surface area contributed by atoms with Gasteiger partial charge < -0.3 is 4.90 Å². The van der Waals surface area contributed by atoms with Crippen molar-refractivity contribution in [2.45, 2.75) is 39.2 Å². The number of hydrogen-bond donors (Lipinski definition) is 1. The van der Waals surface area contributed by atoms with Gasteiger partial charge >= 0.3 is 0 Å². The fourth-order valence-corrected chi connectivity index (χ4v) is 3.91. The van der Waals surface area contributed by atoms with Gasteiger partial charge in [-0.1, -0.05) is 61.7 Å². The van der Waals surface area contributed by atoms with Crippen molar-refractivity contribution >= 4 is 5.91 Å². The number of nitrogens with zero attached hydrogens (tertiary/aromatic N) is 2. The van der Waals surface area contributed by atoms with Crippen molar-refractivity contribution < 1.29 is 9.18 Å². The predicted molar refractivity (Wildman–Crippen MR) is 108 cm³/mol. The van der Waals surface area contributed by atoms with Crippen molar-refractivity contribution in [2.75, 3.05) is 6.54 Å². The number of carbonyl (C=O) groups is 1. The Labute approximate surface area is 164 Å². The molecular formula is C23H24FN3O. The second-order valence-corrected chi connectivity index (χ2v) is 7.39. The highest BCUT2D eigenvalue weighted by atomic mass is 19.1. The van der Waals surface area contributed by atoms with Crippen molar-refractivity contribution in [3.05, 3.63) is 76.7 Å². The third-order valence-electron chi connectivity index (χ3n) is 5.36. The Balaban J connectivity index is 1.82. The molecule has 1 aliphatic heterocycles. The first-order valence-electron chi connectivity index (χ1n) is 9.82. The highest BCUT2D eigenvalue weighted by molar-refractivity contribution is 6.00. The number of fused-ring (bicyclic) bond motifs is 1. The molecule has 4 rings (SSSR count). The minimum atomic E-state index is -0.329. The van der Waals surface area contributed by atoms with E-state index in [4.69, 9.17) is 0 Å². The fraction of sp³-hybridized carbons (Fsp3) is 0.304. The number of benzene rings is 2. The highest BCUT2D eigenvalue weighted by Crippen LogP contribution is 2.43. The summed E-state index contributed by atoms with van der Waals surface area (Å²) in [5.41, 5.74) is 5.01. The molecule has 0 saturated carbocycles. The van der Waals surface area contributed by atoms with Crippen LogP contribution in [-0.4, -0.2) is 27.5 Å². The lowest BCUT2D eigenvalue weighted by molar-refractivity contribution is 0.0740. The van der Waals surface area contributed by atoms with Crippen molar-refractivity contribution in [3.8, 4) is 11.3 Å². The number of halogens is 1. The number of aryl methyl sites for hydroxylation is 1. The molecule has 1 aromatic heterocycles. The number of amides is 1. The van der Waals surface area contributed by atoms with Crippen LogP contribution in [-0.2, 0) is 0 Å². The molecule has 3 aromatic rings. The Hall–Kier alpha value is -2.95. The molecule has 1 N–H and O–H groups in total. The van der Waals surface area contributed by atoms with Gasteiger partial charge in [0, 0.05) is 17.7 Å². The first kappa shape index (κ1) is 18.4. The monoisotopic (exact) mass is 377 g/mol. The zero-order valence-corrected chi connectivity index (χ0v) is 16.2. The van der Waals surface area contributed by atoms with Gasteiger partial charge in [0.15, 0.2) is 0 Å². The molecule has 4 nitrogen and oxygen atoms in total. The zero-order valence-electron chi connectivity index (χ0n) is 16.2. The molecule has 0 saturated heterocycles. The largest absolute Gasteiger partial charge is 0.326 e. The minimum Gasteiger partial charge on any atom is -0.326 e. The Bertz CT molecular complexity index is 993. The number of nitrogens with one attached hydrogen (secondary N) is 1. The summed E-state index contributed by atoms with van der Waals surface area (Å²) < 4.78 is 14.0. The van der Waals surface area contributed by atoms with Crippen molar-refractivity contribution in [1.29, 1.82) is 0 Å². The summed E-state index contributed by atoms with van der Waals surface area (Å²) >= 11 is 0. The van der Waals surface area contributed by atoms with Gasteiger partial charge in [-0.25, -0.2) is 4.39 Å². The van der Waals surface area contributed by atoms with E-state index in [1.165, 1.54) is 12.1 Å². The first-order chi connectivity index (χ1) is 13.6. The van der Waals surface area contributed by atoms with E-state index in [-0.39, 0.29) is 17.8 Å². The van der Waals surface area contributed by atoms with E-state index in [1.54, 1.807) is 6.07 Å². The van der Waals surface area contributed by atoms with Crippen LogP contribution in [0.25, 0.3) is 11.3 Å². The summed E-state index contributed by atoms with van der Waals surface area (Å²) in [4.78, 5) is 15.0. The molecular weight excluding hydrogens is 353 g/mol. The van der Waals surface area contributed by atoms with Gasteiger partial charge in [-0.15, -0.1) is 0 Å². The maximum atomic E-state index is 14.0. The van der Waals surface area contributed by atoms with Crippen LogP contribution in [0, 0.1) is 12.7 Å². The summed E-state index contributed by atoms with van der Waals surface area (Å²) in [6.45, 7) is 4.81. The number of aromatic nitrogens is 2. The average molecular weight is 377 g/mol. The van der Waals surface area contributed by atoms with Gasteiger partial charge in [-0.05, 0) is 31.0 Å². The molecule has 0 bridgehead atoms. The number of carbonyl (C=O) groups excluding carboxylic acids is 1. The summed E-state index contributed by atoms with van der Waals surface area (Å²) in [6, 6.07) is 14.3. The van der Waals surface area contributed by atoms with E-state index in [0.717, 1.165) is 47.2 Å². The average Bonchev–Trinajstić information content (AvgIpc) is 3.22. The van der Waals surface area contributed by atoms with Crippen molar-refractivity contribution in [1.82, 2.24) is 15.1 Å². The third-order valence-corrected chi connectivity index (χ3v) is 5.36. The second-order valence-electron chi connectivity index (χ2n) is 7.39. The molecule has 0 radical (unpaired) electrons. The van der Waals surface area contributed by atoms with E-state index in [2.05, 4.69) is 17.1 Å². The van der Waals surface area contributed by atoms with E-state index in [9.17, 15) is 9.18 Å². The van der Waals surface area contributed by atoms with E-state index in [1.807, 2.05) is 42.2 Å². The van der Waals surface area contributed by atoms with Crippen LogP contribution in [0.1, 0.15) is 59.4 Å². The van der Waals surface area contributed by atoms with Crippen molar-refractivity contribution in [3.63, 3.8) is 0 Å². The number of unbranched alkanes of at least 4 members (excludes halogenated alkanes) is 2. The van der Waals surface area contributed by atoms with Crippen LogP contribution in [0.5, 0.6) is 0 Å². The van der Waals surface area contributed by atoms with E-state index >= 15 is 0 Å². The highest BCUT2D eigenvalue weighted by Gasteiger charge is 2.41. The van der Waals surface area contributed by atoms with Gasteiger partial charge in [0.05, 0.1) is 11.7 Å². The molecule has 0 aliphatic carbocycles. The van der Waals surface area contributed by atoms with Crippen molar-refractivity contribution in [2.24, 2.45) is 0 Å². The molecule has 1 atom stereocenters. The number of aromatic amines is 1. The third kappa shape index (κ3) is 3.21. The molecule has 0 fully saturated rings. The van der Waals surface area contributed by atoms with Gasteiger partial charge in [0.25, 0.3) is 5.91 Å². The zero-order chi connectivity index (χ0) is 19.7. The second kappa shape index (κ2) is 7.58. The van der Waals surface area contributed by atoms with Gasteiger partial charge in [-0.2, -0.15) is 5.10 Å². The lowest BCUT2D eigenvalue weighted by Crippen LogP contribution is -2.30. The Morgan fingerprint density at radius 3 is 2.64 bits per heavy atom. The maximum absolute atomic E-state index is 14.0. The Morgan fingerprint density at radius 2 is 1.93 bits per heavy atom. The lowest BCUT2D eigenvalue weighted by atomic mass is 9.95. The molecule has 28 heavy (non-hydrogen) atoms. The molecule has 0 spiro atoms. The molecule has 2 aromatic carbocycles. The summed E-state index contributed by atoms with van der Waals surface area (Å²) in [5, 5.41) is 7.40. The van der Waals surface area contributed by atoms with Crippen LogP contribution < -0.4 is 0 Å². The Kier molecular flexibility index (Phi) is 4.99. The smallest absolute Gasteiger partial charge is 0.273 e. The number of rotatable bonds is 6. The quantitative estimate of drug-likeness (QED) is 0.596. The van der Waals surface area contributed by atoms with Crippen LogP contribution in [0.2, 0.25) is 0 Å². The minimum absolute atomic E-state index is 0.0637. The van der Waals surface area contributed by atoms with Crippen LogP contribution in [0.4, 0.5) is 4.39 Å². The van der Waals surface area contributed by atoms with Gasteiger partial charge in [-0.3, -0.25) is 9.89 Å². The maximum Gasteiger partial charge on any atom is 0.273 e. The van der Waals surface area contributed by atoms with E-state index in [0.29, 0.717) is 12.2 Å². The molecule has 5 heteroatoms. The lowest BCUT2D eigenvalue weighted by Gasteiger charge is -2.26. The number of H-pyrrole nitrogens is 1. The standard InChI is InChI=1S/C23H24FN3O/c1-3-4-5-13-27-22(17-7-6-8-18(24)14-17)19-20(25-26-21(19)23(27)28)16-11-9-15(2)10-12-16/h6-12,14,22H,3-5,13H2,1-2H3,(H,25,26). The molecule has 2 heterocycles. The topological polar surface area (TPSA) is 49.0 Å². The molecule has 1 aliphatic rings. The summed E-state index contributed by atoms with van der Waals surface area (Å²) in [6.07, 6.45) is 3.05. The molecule has 1 amide bonds. The number of hydrogen-bond acceptors (Lipinski definition) is 2. The van der Waals surface area contributed by atoms with Gasteiger partial charge in [0.1, 0.15) is 11.5 Å². The normalized spacial score (nSPS) is 15.9. The first-order valence-corrected chi connectivity index (χ1v) is 9.82. The predicted octanol–water partition coefficient (Wildman–Crippen LogP) is 5.26. The summed E-state index contributed by atoms with van der Waals surface area (Å²) in [5.74, 6) is -0.362. The van der Waals surface area contributed by atoms with Crippen LogP contribution in [0.3, 0.4) is 0 Å². The fourth-order valence-electron chi connectivity index (χ4n) is 3.91. The molecule has 1 unspecified atom stereocenters. The Morgan fingerprint density at radius 1 is 1.14 bits per heavy atom. The van der Waals surface area contributed by atoms with Gasteiger partial charge in [0.2, 0.25) is 0 Å². The van der Waals surface area contributed by atoms with Crippen LogP contribution >= 0.6 is 0 Å². The SMILES string of the molecule is CCCCCN1C(=O)c2[nH]nc(-c3ccc(C)cc3)c2C1c1cccc(F)c1. The summed E-state index contributed by atoms with van der Waals surface area (Å²) in [7, 11) is 0. The van der Waals surface area contributed by atoms with Crippen LogP contribution in [0.15, 0.2) is 48.5 Å².